The highest BCUT2D eigenvalue weighted by atomic mass is 16.3. The number of rotatable bonds is 6. The standard InChI is InChI=1S/C12H23NO2/c14-9-12(5-6-12)13-8-11(15)7-10-3-1-2-4-10/h10-11,13-15H,1-9H2. The molecule has 0 spiro atoms. The van der Waals surface area contributed by atoms with Gasteiger partial charge in [-0.1, -0.05) is 25.7 Å². The molecule has 3 N–H and O–H groups in total. The molecule has 0 aromatic heterocycles. The highest BCUT2D eigenvalue weighted by Gasteiger charge is 2.41. The van der Waals surface area contributed by atoms with Gasteiger partial charge in [0, 0.05) is 12.1 Å². The van der Waals surface area contributed by atoms with Crippen molar-refractivity contribution in [2.75, 3.05) is 13.2 Å². The number of aliphatic hydroxyl groups excluding tert-OH is 2. The summed E-state index contributed by atoms with van der Waals surface area (Å²) in [6, 6.07) is 0. The molecular weight excluding hydrogens is 190 g/mol. The van der Waals surface area contributed by atoms with Crippen LogP contribution in [0.3, 0.4) is 0 Å². The summed E-state index contributed by atoms with van der Waals surface area (Å²) in [6.07, 6.45) is 8.09. The normalized spacial score (nSPS) is 26.8. The second kappa shape index (κ2) is 4.81. The first-order valence-electron chi connectivity index (χ1n) is 6.28. The Morgan fingerprint density at radius 3 is 2.47 bits per heavy atom. The van der Waals surface area contributed by atoms with Crippen molar-refractivity contribution in [3.8, 4) is 0 Å². The molecule has 0 heterocycles. The molecule has 15 heavy (non-hydrogen) atoms. The van der Waals surface area contributed by atoms with Gasteiger partial charge in [0.1, 0.15) is 0 Å². The van der Waals surface area contributed by atoms with Crippen molar-refractivity contribution in [3.63, 3.8) is 0 Å². The van der Waals surface area contributed by atoms with Gasteiger partial charge in [-0.2, -0.15) is 0 Å². The van der Waals surface area contributed by atoms with Crippen molar-refractivity contribution in [2.24, 2.45) is 5.92 Å². The van der Waals surface area contributed by atoms with Crippen molar-refractivity contribution < 1.29 is 10.2 Å². The van der Waals surface area contributed by atoms with Crippen LogP contribution in [0.15, 0.2) is 0 Å². The van der Waals surface area contributed by atoms with E-state index >= 15 is 0 Å². The van der Waals surface area contributed by atoms with E-state index in [0.717, 1.165) is 25.2 Å². The quantitative estimate of drug-likeness (QED) is 0.618. The van der Waals surface area contributed by atoms with E-state index < -0.39 is 0 Å². The lowest BCUT2D eigenvalue weighted by Gasteiger charge is -2.19. The molecule has 1 unspecified atom stereocenters. The highest BCUT2D eigenvalue weighted by Crippen LogP contribution is 2.34. The van der Waals surface area contributed by atoms with Crippen molar-refractivity contribution in [1.82, 2.24) is 5.32 Å². The lowest BCUT2D eigenvalue weighted by atomic mass is 10.00. The lowest BCUT2D eigenvalue weighted by molar-refractivity contribution is 0.127. The van der Waals surface area contributed by atoms with Gasteiger partial charge in [-0.25, -0.2) is 0 Å². The molecule has 2 aliphatic carbocycles. The molecule has 2 saturated carbocycles. The predicted molar refractivity (Wildman–Crippen MR) is 59.6 cm³/mol. The fraction of sp³-hybridized carbons (Fsp3) is 1.00. The van der Waals surface area contributed by atoms with Gasteiger partial charge in [-0.05, 0) is 25.2 Å². The molecule has 2 fully saturated rings. The third-order valence-electron chi connectivity index (χ3n) is 3.95. The second-order valence-corrected chi connectivity index (χ2v) is 5.36. The van der Waals surface area contributed by atoms with E-state index in [-0.39, 0.29) is 18.2 Å². The highest BCUT2D eigenvalue weighted by molar-refractivity contribution is 5.01. The zero-order valence-corrected chi connectivity index (χ0v) is 9.41. The fourth-order valence-electron chi connectivity index (χ4n) is 2.59. The van der Waals surface area contributed by atoms with Gasteiger partial charge in [0.25, 0.3) is 0 Å². The molecule has 3 heteroatoms. The van der Waals surface area contributed by atoms with E-state index in [1.165, 1.54) is 25.7 Å². The maximum absolute atomic E-state index is 9.85. The number of hydrogen-bond acceptors (Lipinski definition) is 3. The Balaban J connectivity index is 1.61. The van der Waals surface area contributed by atoms with Gasteiger partial charge in [0.05, 0.1) is 12.7 Å². The molecule has 2 rings (SSSR count). The van der Waals surface area contributed by atoms with Crippen LogP contribution in [0.4, 0.5) is 0 Å². The van der Waals surface area contributed by atoms with Crippen LogP contribution >= 0.6 is 0 Å². The van der Waals surface area contributed by atoms with Crippen LogP contribution in [-0.4, -0.2) is 35.0 Å². The van der Waals surface area contributed by atoms with E-state index in [4.69, 9.17) is 5.11 Å². The van der Waals surface area contributed by atoms with E-state index in [1.807, 2.05) is 0 Å². The zero-order chi connectivity index (χ0) is 10.7. The van der Waals surface area contributed by atoms with Crippen LogP contribution in [0.1, 0.15) is 44.9 Å². The molecule has 0 aliphatic heterocycles. The summed E-state index contributed by atoms with van der Waals surface area (Å²) in [5, 5.41) is 22.3. The Morgan fingerprint density at radius 1 is 1.27 bits per heavy atom. The van der Waals surface area contributed by atoms with E-state index in [0.29, 0.717) is 6.54 Å². The summed E-state index contributed by atoms with van der Waals surface area (Å²) in [5.41, 5.74) is -0.0311. The van der Waals surface area contributed by atoms with E-state index in [2.05, 4.69) is 5.32 Å². The van der Waals surface area contributed by atoms with Crippen molar-refractivity contribution in [3.05, 3.63) is 0 Å². The average Bonchev–Trinajstić information content (AvgIpc) is 2.86. The third-order valence-corrected chi connectivity index (χ3v) is 3.95. The summed E-state index contributed by atoms with van der Waals surface area (Å²) in [7, 11) is 0. The smallest absolute Gasteiger partial charge is 0.0667 e. The summed E-state index contributed by atoms with van der Waals surface area (Å²) in [4.78, 5) is 0. The second-order valence-electron chi connectivity index (χ2n) is 5.36. The van der Waals surface area contributed by atoms with Crippen LogP contribution in [-0.2, 0) is 0 Å². The predicted octanol–water partition coefficient (Wildman–Crippen LogP) is 1.04. The fourth-order valence-corrected chi connectivity index (χ4v) is 2.59. The zero-order valence-electron chi connectivity index (χ0n) is 9.41. The Labute approximate surface area is 91.9 Å². The lowest BCUT2D eigenvalue weighted by Crippen LogP contribution is -2.40. The summed E-state index contributed by atoms with van der Waals surface area (Å²) >= 11 is 0. The third kappa shape index (κ3) is 3.16. The van der Waals surface area contributed by atoms with Crippen LogP contribution in [0.2, 0.25) is 0 Å². The molecule has 2 aliphatic rings. The molecule has 88 valence electrons. The Morgan fingerprint density at radius 2 is 1.93 bits per heavy atom. The molecule has 1 atom stereocenters. The molecule has 0 bridgehead atoms. The molecule has 0 aromatic rings. The monoisotopic (exact) mass is 213 g/mol. The van der Waals surface area contributed by atoms with Gasteiger partial charge >= 0.3 is 0 Å². The molecule has 3 nitrogen and oxygen atoms in total. The Hall–Kier alpha value is -0.120. The largest absolute Gasteiger partial charge is 0.394 e. The first-order chi connectivity index (χ1) is 7.24. The SMILES string of the molecule is OCC1(NCC(O)CC2CCCC2)CC1. The van der Waals surface area contributed by atoms with Gasteiger partial charge in [-0.3, -0.25) is 0 Å². The van der Waals surface area contributed by atoms with Gasteiger partial charge in [0.2, 0.25) is 0 Å². The van der Waals surface area contributed by atoms with Crippen LogP contribution in [0.5, 0.6) is 0 Å². The maximum atomic E-state index is 9.85. The topological polar surface area (TPSA) is 52.5 Å². The Bertz CT molecular complexity index is 198. The minimum Gasteiger partial charge on any atom is -0.394 e. The minimum absolute atomic E-state index is 0.0311. The minimum atomic E-state index is -0.225. The van der Waals surface area contributed by atoms with Crippen molar-refractivity contribution in [2.45, 2.75) is 56.6 Å². The first kappa shape index (κ1) is 11.4. The van der Waals surface area contributed by atoms with Gasteiger partial charge in [0.15, 0.2) is 0 Å². The molecular formula is C12H23NO2. The van der Waals surface area contributed by atoms with Crippen molar-refractivity contribution in [1.29, 1.82) is 0 Å². The van der Waals surface area contributed by atoms with Crippen LogP contribution in [0, 0.1) is 5.92 Å². The molecule has 0 amide bonds. The molecule has 0 radical (unpaired) electrons. The first-order valence-corrected chi connectivity index (χ1v) is 6.28. The maximum Gasteiger partial charge on any atom is 0.0667 e. The number of nitrogens with one attached hydrogen (secondary N) is 1. The van der Waals surface area contributed by atoms with E-state index in [9.17, 15) is 5.11 Å². The number of β-amino-alcohol motifs (C(OH)–C–C–N with tert-alkyl or cyclic N) is 1. The average molecular weight is 213 g/mol. The molecule has 0 saturated heterocycles. The number of hydrogen-bond donors (Lipinski definition) is 3. The number of aliphatic hydroxyl groups is 2. The van der Waals surface area contributed by atoms with Crippen molar-refractivity contribution >= 4 is 0 Å². The van der Waals surface area contributed by atoms with Crippen LogP contribution < -0.4 is 5.32 Å². The Kier molecular flexibility index (Phi) is 3.65. The van der Waals surface area contributed by atoms with E-state index in [1.54, 1.807) is 0 Å². The van der Waals surface area contributed by atoms with Gasteiger partial charge < -0.3 is 15.5 Å². The van der Waals surface area contributed by atoms with Crippen LogP contribution in [0.25, 0.3) is 0 Å². The summed E-state index contributed by atoms with van der Waals surface area (Å²) in [5.74, 6) is 0.742. The summed E-state index contributed by atoms with van der Waals surface area (Å²) in [6.45, 7) is 0.861. The molecule has 0 aromatic carbocycles. The summed E-state index contributed by atoms with van der Waals surface area (Å²) < 4.78 is 0. The van der Waals surface area contributed by atoms with Gasteiger partial charge in [-0.15, -0.1) is 0 Å².